The number of amides is 1. The summed E-state index contributed by atoms with van der Waals surface area (Å²) in [7, 11) is 0. The molecule has 116 valence electrons. The van der Waals surface area contributed by atoms with Gasteiger partial charge in [-0.1, -0.05) is 29.3 Å². The predicted molar refractivity (Wildman–Crippen MR) is 94.5 cm³/mol. The molecule has 0 aliphatic rings. The Labute approximate surface area is 143 Å². The van der Waals surface area contributed by atoms with Crippen molar-refractivity contribution in [3.8, 4) is 5.69 Å². The first-order valence-corrected chi connectivity index (χ1v) is 8.39. The third-order valence-electron chi connectivity index (χ3n) is 3.46. The van der Waals surface area contributed by atoms with Crippen LogP contribution in [-0.4, -0.2) is 10.5 Å². The average Bonchev–Trinajstić information content (AvgIpc) is 2.89. The lowest BCUT2D eigenvalue weighted by Crippen LogP contribution is -2.16. The number of hydrogen-bond donors (Lipinski definition) is 0. The molecule has 0 aliphatic carbocycles. The predicted octanol–water partition coefficient (Wildman–Crippen LogP) is 4.55. The second kappa shape index (κ2) is 6.52. The third-order valence-corrected chi connectivity index (χ3v) is 4.66. The van der Waals surface area contributed by atoms with Gasteiger partial charge in [0.25, 0.3) is 5.91 Å². The van der Waals surface area contributed by atoms with Gasteiger partial charge in [-0.3, -0.25) is 9.36 Å². The summed E-state index contributed by atoms with van der Waals surface area (Å²) in [5.41, 5.74) is 3.66. The fourth-order valence-electron chi connectivity index (χ4n) is 2.22. The molecule has 0 spiro atoms. The van der Waals surface area contributed by atoms with Gasteiger partial charge in [0.2, 0.25) is 0 Å². The normalized spacial score (nSPS) is 11.7. The highest BCUT2D eigenvalue weighted by Crippen LogP contribution is 2.15. The van der Waals surface area contributed by atoms with Gasteiger partial charge in [0.05, 0.1) is 0 Å². The second-order valence-corrected chi connectivity index (χ2v) is 6.53. The standard InChI is InChI=1S/C18H15ClN2OS/c1-12-3-5-14(6-4-12)17(22)20-18-21(13(2)11-23-18)16-9-7-15(19)8-10-16/h3-11H,1-2H3. The fraction of sp³-hybridized carbons (Fsp3) is 0.111. The van der Waals surface area contributed by atoms with E-state index in [9.17, 15) is 4.79 Å². The maximum atomic E-state index is 12.4. The van der Waals surface area contributed by atoms with Crippen LogP contribution in [0.1, 0.15) is 21.6 Å². The monoisotopic (exact) mass is 342 g/mol. The molecular weight excluding hydrogens is 328 g/mol. The number of aryl methyl sites for hydroxylation is 2. The molecule has 0 aliphatic heterocycles. The molecule has 3 rings (SSSR count). The zero-order valence-corrected chi connectivity index (χ0v) is 14.4. The van der Waals surface area contributed by atoms with Crippen molar-refractivity contribution in [3.05, 3.63) is 80.6 Å². The van der Waals surface area contributed by atoms with Crippen LogP contribution in [-0.2, 0) is 0 Å². The first-order valence-electron chi connectivity index (χ1n) is 7.13. The molecule has 0 saturated heterocycles. The van der Waals surface area contributed by atoms with Crippen molar-refractivity contribution in [1.82, 2.24) is 4.57 Å². The Balaban J connectivity index is 2.05. The van der Waals surface area contributed by atoms with E-state index in [0.29, 0.717) is 15.4 Å². The number of aromatic nitrogens is 1. The van der Waals surface area contributed by atoms with E-state index in [1.807, 2.05) is 60.2 Å². The number of carbonyl (C=O) groups excluding carboxylic acids is 1. The first kappa shape index (κ1) is 15.7. The molecule has 0 atom stereocenters. The summed E-state index contributed by atoms with van der Waals surface area (Å²) in [4.78, 5) is 17.3. The third kappa shape index (κ3) is 3.44. The minimum Gasteiger partial charge on any atom is -0.290 e. The summed E-state index contributed by atoms with van der Waals surface area (Å²) in [5, 5.41) is 2.66. The van der Waals surface area contributed by atoms with Crippen molar-refractivity contribution >= 4 is 28.8 Å². The van der Waals surface area contributed by atoms with Gasteiger partial charge in [-0.05, 0) is 50.2 Å². The Morgan fingerprint density at radius 2 is 1.70 bits per heavy atom. The summed E-state index contributed by atoms with van der Waals surface area (Å²) in [6.07, 6.45) is 0. The van der Waals surface area contributed by atoms with Gasteiger partial charge in [0.15, 0.2) is 4.80 Å². The Hall–Kier alpha value is -2.17. The van der Waals surface area contributed by atoms with Gasteiger partial charge in [-0.15, -0.1) is 11.3 Å². The van der Waals surface area contributed by atoms with Gasteiger partial charge in [0, 0.05) is 27.3 Å². The van der Waals surface area contributed by atoms with Crippen LogP contribution in [0.15, 0.2) is 58.9 Å². The van der Waals surface area contributed by atoms with E-state index >= 15 is 0 Å². The van der Waals surface area contributed by atoms with E-state index in [2.05, 4.69) is 4.99 Å². The maximum Gasteiger partial charge on any atom is 0.279 e. The molecule has 0 fully saturated rings. The van der Waals surface area contributed by atoms with E-state index in [1.165, 1.54) is 11.3 Å². The Kier molecular flexibility index (Phi) is 4.46. The lowest BCUT2D eigenvalue weighted by Gasteiger charge is -2.06. The Morgan fingerprint density at radius 3 is 2.35 bits per heavy atom. The number of hydrogen-bond acceptors (Lipinski definition) is 2. The zero-order chi connectivity index (χ0) is 16.4. The molecule has 0 N–H and O–H groups in total. The highest BCUT2D eigenvalue weighted by Gasteiger charge is 2.08. The van der Waals surface area contributed by atoms with Crippen LogP contribution in [0.4, 0.5) is 0 Å². The molecule has 2 aromatic carbocycles. The number of benzene rings is 2. The summed E-state index contributed by atoms with van der Waals surface area (Å²) < 4.78 is 1.95. The van der Waals surface area contributed by atoms with Crippen molar-refractivity contribution in [2.24, 2.45) is 4.99 Å². The van der Waals surface area contributed by atoms with E-state index in [0.717, 1.165) is 16.9 Å². The summed E-state index contributed by atoms with van der Waals surface area (Å²) in [6, 6.07) is 14.9. The summed E-state index contributed by atoms with van der Waals surface area (Å²) >= 11 is 7.39. The van der Waals surface area contributed by atoms with Crippen molar-refractivity contribution in [2.75, 3.05) is 0 Å². The van der Waals surface area contributed by atoms with Crippen molar-refractivity contribution in [2.45, 2.75) is 13.8 Å². The molecule has 0 bridgehead atoms. The fourth-order valence-corrected chi connectivity index (χ4v) is 3.22. The van der Waals surface area contributed by atoms with Crippen LogP contribution in [0.2, 0.25) is 5.02 Å². The van der Waals surface area contributed by atoms with Gasteiger partial charge in [-0.2, -0.15) is 4.99 Å². The quantitative estimate of drug-likeness (QED) is 0.672. The molecule has 1 amide bonds. The Bertz CT molecular complexity index is 905. The van der Waals surface area contributed by atoms with Gasteiger partial charge in [0.1, 0.15) is 0 Å². The highest BCUT2D eigenvalue weighted by molar-refractivity contribution is 7.07. The maximum absolute atomic E-state index is 12.4. The van der Waals surface area contributed by atoms with Crippen LogP contribution >= 0.6 is 22.9 Å². The van der Waals surface area contributed by atoms with Crippen LogP contribution in [0.3, 0.4) is 0 Å². The van der Waals surface area contributed by atoms with E-state index in [1.54, 1.807) is 12.1 Å². The van der Waals surface area contributed by atoms with Crippen LogP contribution < -0.4 is 4.80 Å². The minimum atomic E-state index is -0.241. The summed E-state index contributed by atoms with van der Waals surface area (Å²) in [6.45, 7) is 3.98. The lowest BCUT2D eigenvalue weighted by atomic mass is 10.1. The topological polar surface area (TPSA) is 34.4 Å². The lowest BCUT2D eigenvalue weighted by molar-refractivity contribution is 0.0998. The minimum absolute atomic E-state index is 0.241. The summed E-state index contributed by atoms with van der Waals surface area (Å²) in [5.74, 6) is -0.241. The van der Waals surface area contributed by atoms with Crippen LogP contribution in [0.5, 0.6) is 0 Å². The second-order valence-electron chi connectivity index (χ2n) is 5.25. The Morgan fingerprint density at radius 1 is 1.04 bits per heavy atom. The van der Waals surface area contributed by atoms with Crippen LogP contribution in [0.25, 0.3) is 5.69 Å². The number of halogens is 1. The first-order chi connectivity index (χ1) is 11.0. The largest absolute Gasteiger partial charge is 0.290 e. The number of nitrogens with zero attached hydrogens (tertiary/aromatic N) is 2. The molecule has 0 radical (unpaired) electrons. The zero-order valence-electron chi connectivity index (χ0n) is 12.8. The van der Waals surface area contributed by atoms with Crippen LogP contribution in [0, 0.1) is 13.8 Å². The molecule has 0 unspecified atom stereocenters. The number of rotatable bonds is 2. The molecule has 3 nitrogen and oxygen atoms in total. The van der Waals surface area contributed by atoms with E-state index in [4.69, 9.17) is 11.6 Å². The highest BCUT2D eigenvalue weighted by atomic mass is 35.5. The molecular formula is C18H15ClN2OS. The molecule has 1 aromatic heterocycles. The number of thiazole rings is 1. The van der Waals surface area contributed by atoms with E-state index in [-0.39, 0.29) is 5.91 Å². The van der Waals surface area contributed by atoms with E-state index < -0.39 is 0 Å². The molecule has 1 heterocycles. The van der Waals surface area contributed by atoms with Crippen molar-refractivity contribution in [3.63, 3.8) is 0 Å². The molecule has 3 aromatic rings. The van der Waals surface area contributed by atoms with Gasteiger partial charge in [-0.25, -0.2) is 0 Å². The van der Waals surface area contributed by atoms with Crippen molar-refractivity contribution in [1.29, 1.82) is 0 Å². The number of carbonyl (C=O) groups is 1. The smallest absolute Gasteiger partial charge is 0.279 e. The molecule has 0 saturated carbocycles. The molecule has 5 heteroatoms. The molecule has 23 heavy (non-hydrogen) atoms. The van der Waals surface area contributed by atoms with Crippen molar-refractivity contribution < 1.29 is 4.79 Å². The van der Waals surface area contributed by atoms with Gasteiger partial charge >= 0.3 is 0 Å². The SMILES string of the molecule is Cc1ccc(C(=O)N=c2scc(C)n2-c2ccc(Cl)cc2)cc1. The van der Waals surface area contributed by atoms with Gasteiger partial charge < -0.3 is 0 Å². The average molecular weight is 343 g/mol.